The van der Waals surface area contributed by atoms with Gasteiger partial charge in [-0.1, -0.05) is 0 Å². The van der Waals surface area contributed by atoms with Gasteiger partial charge in [-0.3, -0.25) is 4.79 Å². The molecule has 17 heavy (non-hydrogen) atoms. The van der Waals surface area contributed by atoms with Gasteiger partial charge in [0, 0.05) is 19.1 Å². The van der Waals surface area contributed by atoms with Gasteiger partial charge >= 0.3 is 5.97 Å². The van der Waals surface area contributed by atoms with Crippen molar-refractivity contribution < 1.29 is 19.0 Å². The fraction of sp³-hybridized carbons (Fsp3) is 0.923. The molecule has 1 aliphatic carbocycles. The first-order valence-electron chi connectivity index (χ1n) is 6.35. The molecule has 0 aromatic heterocycles. The van der Waals surface area contributed by atoms with Crippen LogP contribution in [0.2, 0.25) is 0 Å². The third-order valence-electron chi connectivity index (χ3n) is 2.56. The van der Waals surface area contributed by atoms with Crippen molar-refractivity contribution in [2.75, 3.05) is 13.2 Å². The molecule has 1 fully saturated rings. The molecule has 0 saturated heterocycles. The summed E-state index contributed by atoms with van der Waals surface area (Å²) in [6.45, 7) is 10.7. The van der Waals surface area contributed by atoms with Crippen molar-refractivity contribution in [3.05, 3.63) is 0 Å². The third kappa shape index (κ3) is 4.64. The minimum Gasteiger partial charge on any atom is -0.460 e. The van der Waals surface area contributed by atoms with Crippen molar-refractivity contribution in [2.24, 2.45) is 11.8 Å². The molecule has 0 aliphatic heterocycles. The van der Waals surface area contributed by atoms with E-state index < -0.39 is 5.60 Å². The Balaban J connectivity index is 2.42. The summed E-state index contributed by atoms with van der Waals surface area (Å²) >= 11 is 0. The molecule has 4 heteroatoms. The van der Waals surface area contributed by atoms with Gasteiger partial charge in [0.05, 0.1) is 5.92 Å². The first-order chi connectivity index (χ1) is 7.89. The highest BCUT2D eigenvalue weighted by molar-refractivity contribution is 5.76. The quantitative estimate of drug-likeness (QED) is 0.531. The lowest BCUT2D eigenvalue weighted by Gasteiger charge is -2.20. The van der Waals surface area contributed by atoms with Crippen LogP contribution < -0.4 is 0 Å². The molecule has 2 unspecified atom stereocenters. The number of ether oxygens (including phenoxy) is 3. The van der Waals surface area contributed by atoms with Crippen molar-refractivity contribution in [1.29, 1.82) is 0 Å². The zero-order valence-electron chi connectivity index (χ0n) is 11.5. The van der Waals surface area contributed by atoms with Crippen LogP contribution in [0.1, 0.15) is 41.0 Å². The maximum atomic E-state index is 11.8. The van der Waals surface area contributed by atoms with Gasteiger partial charge in [0.1, 0.15) is 5.60 Å². The van der Waals surface area contributed by atoms with Gasteiger partial charge in [-0.2, -0.15) is 0 Å². The van der Waals surface area contributed by atoms with Gasteiger partial charge in [-0.05, 0) is 41.0 Å². The molecule has 4 nitrogen and oxygen atoms in total. The van der Waals surface area contributed by atoms with E-state index in [1.54, 1.807) is 0 Å². The molecule has 2 atom stereocenters. The van der Waals surface area contributed by atoms with Crippen LogP contribution in [0.3, 0.4) is 0 Å². The van der Waals surface area contributed by atoms with E-state index in [0.717, 1.165) is 6.42 Å². The monoisotopic (exact) mass is 244 g/mol. The first-order valence-corrected chi connectivity index (χ1v) is 6.35. The molecule has 0 heterocycles. The van der Waals surface area contributed by atoms with E-state index in [1.807, 2.05) is 34.6 Å². The van der Waals surface area contributed by atoms with Crippen LogP contribution in [-0.2, 0) is 19.0 Å². The van der Waals surface area contributed by atoms with E-state index in [0.29, 0.717) is 13.2 Å². The summed E-state index contributed by atoms with van der Waals surface area (Å²) in [7, 11) is 0. The van der Waals surface area contributed by atoms with E-state index in [2.05, 4.69) is 0 Å². The standard InChI is InChI=1S/C13H24O4/c1-6-15-12(16-7-2)10-8-9(10)11(14)17-13(3,4)5/h9-10,12H,6-8H2,1-5H3. The summed E-state index contributed by atoms with van der Waals surface area (Å²) in [6, 6.07) is 0. The highest BCUT2D eigenvalue weighted by Gasteiger charge is 2.50. The number of carbonyl (C=O) groups excluding carboxylic acids is 1. The van der Waals surface area contributed by atoms with Gasteiger partial charge in [0.25, 0.3) is 0 Å². The van der Waals surface area contributed by atoms with Crippen molar-refractivity contribution in [3.8, 4) is 0 Å². The lowest BCUT2D eigenvalue weighted by atomic mass is 10.2. The van der Waals surface area contributed by atoms with Crippen LogP contribution in [0.5, 0.6) is 0 Å². The number of hydrogen-bond donors (Lipinski definition) is 0. The van der Waals surface area contributed by atoms with Gasteiger partial charge in [0.15, 0.2) is 6.29 Å². The molecule has 1 rings (SSSR count). The molecule has 100 valence electrons. The Morgan fingerprint density at radius 2 is 1.76 bits per heavy atom. The van der Waals surface area contributed by atoms with Crippen LogP contribution in [-0.4, -0.2) is 31.1 Å². The normalized spacial score (nSPS) is 23.9. The van der Waals surface area contributed by atoms with Crippen molar-refractivity contribution in [3.63, 3.8) is 0 Å². The Labute approximate surface area is 104 Å². The molecule has 1 aliphatic rings. The lowest BCUT2D eigenvalue weighted by Crippen LogP contribution is -2.27. The molecule has 0 N–H and O–H groups in total. The molecule has 0 spiro atoms. The minimum atomic E-state index is -0.420. The molecule has 1 saturated carbocycles. The number of carbonyl (C=O) groups is 1. The summed E-state index contributed by atoms with van der Waals surface area (Å²) in [5.41, 5.74) is -0.420. The summed E-state index contributed by atoms with van der Waals surface area (Å²) in [5, 5.41) is 0. The second-order valence-electron chi connectivity index (χ2n) is 5.32. The molecule has 0 amide bonds. The summed E-state index contributed by atoms with van der Waals surface area (Å²) < 4.78 is 16.3. The van der Waals surface area contributed by atoms with E-state index in [-0.39, 0.29) is 24.1 Å². The summed E-state index contributed by atoms with van der Waals surface area (Å²) in [5.74, 6) is -0.0334. The lowest BCUT2D eigenvalue weighted by molar-refractivity contribution is -0.166. The largest absolute Gasteiger partial charge is 0.460 e. The van der Waals surface area contributed by atoms with Gasteiger partial charge in [-0.25, -0.2) is 0 Å². The Morgan fingerprint density at radius 3 is 2.18 bits per heavy atom. The predicted octanol–water partition coefficient (Wildman–Crippen LogP) is 2.36. The number of hydrogen-bond acceptors (Lipinski definition) is 4. The Bertz CT molecular complexity index is 251. The average molecular weight is 244 g/mol. The van der Waals surface area contributed by atoms with E-state index in [4.69, 9.17) is 14.2 Å². The zero-order chi connectivity index (χ0) is 13.1. The minimum absolute atomic E-state index is 0.0580. The van der Waals surface area contributed by atoms with Crippen LogP contribution in [0.15, 0.2) is 0 Å². The van der Waals surface area contributed by atoms with Gasteiger partial charge < -0.3 is 14.2 Å². The van der Waals surface area contributed by atoms with E-state index in [9.17, 15) is 4.79 Å². The highest BCUT2D eigenvalue weighted by atomic mass is 16.7. The Morgan fingerprint density at radius 1 is 1.24 bits per heavy atom. The Hall–Kier alpha value is -0.610. The maximum Gasteiger partial charge on any atom is 0.309 e. The summed E-state index contributed by atoms with van der Waals surface area (Å²) in [4.78, 5) is 11.8. The molecular weight excluding hydrogens is 220 g/mol. The highest BCUT2D eigenvalue weighted by Crippen LogP contribution is 2.44. The van der Waals surface area contributed by atoms with Crippen LogP contribution >= 0.6 is 0 Å². The summed E-state index contributed by atoms with van der Waals surface area (Å²) in [6.07, 6.45) is 0.544. The fourth-order valence-electron chi connectivity index (χ4n) is 1.79. The van der Waals surface area contributed by atoms with E-state index >= 15 is 0 Å². The molecule has 0 aromatic rings. The topological polar surface area (TPSA) is 44.8 Å². The van der Waals surface area contributed by atoms with Gasteiger partial charge in [0.2, 0.25) is 0 Å². The second-order valence-corrected chi connectivity index (χ2v) is 5.32. The van der Waals surface area contributed by atoms with Gasteiger partial charge in [-0.15, -0.1) is 0 Å². The van der Waals surface area contributed by atoms with Crippen molar-refractivity contribution in [2.45, 2.75) is 52.9 Å². The van der Waals surface area contributed by atoms with Crippen molar-refractivity contribution >= 4 is 5.97 Å². The Kier molecular flexibility index (Phi) is 4.95. The first kappa shape index (κ1) is 14.5. The fourth-order valence-corrected chi connectivity index (χ4v) is 1.79. The van der Waals surface area contributed by atoms with Crippen LogP contribution in [0.4, 0.5) is 0 Å². The van der Waals surface area contributed by atoms with Crippen molar-refractivity contribution in [1.82, 2.24) is 0 Å². The van der Waals surface area contributed by atoms with Crippen LogP contribution in [0.25, 0.3) is 0 Å². The maximum absolute atomic E-state index is 11.8. The number of rotatable bonds is 6. The molecule has 0 radical (unpaired) electrons. The van der Waals surface area contributed by atoms with Crippen LogP contribution in [0, 0.1) is 11.8 Å². The SMILES string of the molecule is CCOC(OCC)C1CC1C(=O)OC(C)(C)C. The number of esters is 1. The third-order valence-corrected chi connectivity index (χ3v) is 2.56. The predicted molar refractivity (Wildman–Crippen MR) is 64.5 cm³/mol. The van der Waals surface area contributed by atoms with E-state index in [1.165, 1.54) is 0 Å². The molecule has 0 bridgehead atoms. The zero-order valence-corrected chi connectivity index (χ0v) is 11.5. The average Bonchev–Trinajstić information content (AvgIpc) is 2.94. The molecule has 0 aromatic carbocycles. The molecular formula is C13H24O4. The smallest absolute Gasteiger partial charge is 0.309 e. The second kappa shape index (κ2) is 5.83.